The van der Waals surface area contributed by atoms with Crippen LogP contribution in [0.1, 0.15) is 156 Å². The second kappa shape index (κ2) is 34.9. The van der Waals surface area contributed by atoms with E-state index in [4.69, 9.17) is 0 Å². The van der Waals surface area contributed by atoms with Crippen LogP contribution in [0.4, 0.5) is 0 Å². The van der Waals surface area contributed by atoms with Gasteiger partial charge in [0.05, 0.1) is 12.6 Å². The van der Waals surface area contributed by atoms with Gasteiger partial charge >= 0.3 is 0 Å². The Balaban J connectivity index is 4.32. The highest BCUT2D eigenvalue weighted by Gasteiger charge is 2.45. The summed E-state index contributed by atoms with van der Waals surface area (Å²) >= 11 is 0. The van der Waals surface area contributed by atoms with Crippen LogP contribution in [0.3, 0.4) is 0 Å². The van der Waals surface area contributed by atoms with Crippen molar-refractivity contribution in [1.82, 2.24) is 55.6 Å². The molecule has 23 nitrogen and oxygen atoms in total. The Morgan fingerprint density at radius 2 is 0.871 bits per heavy atom. The zero-order valence-electron chi connectivity index (χ0n) is 56.1. The number of carbonyl (C=O) groups is 11. The van der Waals surface area contributed by atoms with E-state index in [0.717, 1.165) is 9.80 Å². The molecule has 1 heterocycles. The van der Waals surface area contributed by atoms with Crippen LogP contribution in [-0.2, 0) is 52.7 Å². The molecule has 23 heteroatoms. The van der Waals surface area contributed by atoms with Crippen LogP contribution in [0.25, 0.3) is 0 Å². The molecule has 1 rings (SSSR count). The van der Waals surface area contributed by atoms with Crippen LogP contribution in [0.2, 0.25) is 0 Å². The van der Waals surface area contributed by atoms with E-state index in [-0.39, 0.29) is 55.8 Å². The van der Waals surface area contributed by atoms with Gasteiger partial charge in [0.15, 0.2) is 0 Å². The number of aliphatic hydroxyl groups excluding tert-OH is 1. The third kappa shape index (κ3) is 21.7. The Labute approximate surface area is 508 Å². The van der Waals surface area contributed by atoms with Crippen LogP contribution >= 0.6 is 0 Å². The van der Waals surface area contributed by atoms with Crippen molar-refractivity contribution in [3.8, 4) is 0 Å². The van der Waals surface area contributed by atoms with Gasteiger partial charge in [0.1, 0.15) is 60.4 Å². The number of nitrogens with zero attached hydrogens (tertiary/aromatic N) is 7. The van der Waals surface area contributed by atoms with Crippen LogP contribution in [0, 0.1) is 41.4 Å². The van der Waals surface area contributed by atoms with E-state index in [2.05, 4.69) is 21.3 Å². The Morgan fingerprint density at radius 3 is 1.32 bits per heavy atom. The number of hydrogen-bond acceptors (Lipinski definition) is 12. The Morgan fingerprint density at radius 1 is 0.459 bits per heavy atom. The SMILES string of the molecule is C/C=C/C[C@@H](C)[C@@H](O)[C@@H]1C(=O)N[C@H](CC)C(=O)N(C)CC(=O)N(C)[C@H](CC(C)C)C(=O)N[C@@H](C(C)C)C(=O)N(C)[C@H](CC(C)C)C(=O)N[C@H](C)C(=O)N[C@@H](C)C(=O)N(C)[C@@H](CC(C)C)C(=O)N(C)[C@@H](CC(C)C)C(=O)N(C)[C@@H](C(C)C)C(=O)N1C. The lowest BCUT2D eigenvalue weighted by atomic mass is 9.91. The first kappa shape index (κ1) is 76.9. The first-order valence-electron chi connectivity index (χ1n) is 30.6. The molecule has 486 valence electrons. The molecule has 1 saturated heterocycles. The molecule has 0 unspecified atom stereocenters. The van der Waals surface area contributed by atoms with Gasteiger partial charge in [-0.1, -0.05) is 109 Å². The lowest BCUT2D eigenvalue weighted by Crippen LogP contribution is -2.63. The minimum Gasteiger partial charge on any atom is -0.390 e. The van der Waals surface area contributed by atoms with E-state index < -0.39 is 156 Å². The largest absolute Gasteiger partial charge is 0.390 e. The predicted octanol–water partition coefficient (Wildman–Crippen LogP) is 3.27. The summed E-state index contributed by atoms with van der Waals surface area (Å²) in [6.45, 7) is 29.3. The monoisotopic (exact) mass is 1200 g/mol. The van der Waals surface area contributed by atoms with E-state index in [0.29, 0.717) is 6.42 Å². The Hall–Kier alpha value is -6.13. The second-order valence-corrected chi connectivity index (χ2v) is 26.1. The highest BCUT2D eigenvalue weighted by Crippen LogP contribution is 2.26. The lowest BCUT2D eigenvalue weighted by Gasteiger charge is -2.41. The Kier molecular flexibility index (Phi) is 31.5. The second-order valence-electron chi connectivity index (χ2n) is 26.1. The molecule has 11 amide bonds. The maximum atomic E-state index is 15.1. The van der Waals surface area contributed by atoms with Gasteiger partial charge in [0.25, 0.3) is 0 Å². The van der Waals surface area contributed by atoms with E-state index in [1.165, 1.54) is 87.7 Å². The van der Waals surface area contributed by atoms with Gasteiger partial charge in [-0.3, -0.25) is 52.7 Å². The van der Waals surface area contributed by atoms with Gasteiger partial charge in [-0.25, -0.2) is 0 Å². The van der Waals surface area contributed by atoms with Crippen LogP contribution in [0.15, 0.2) is 12.2 Å². The van der Waals surface area contributed by atoms with Gasteiger partial charge < -0.3 is 60.7 Å². The molecule has 1 aliphatic heterocycles. The summed E-state index contributed by atoms with van der Waals surface area (Å²) in [5.41, 5.74) is 0. The van der Waals surface area contributed by atoms with E-state index >= 15 is 9.59 Å². The van der Waals surface area contributed by atoms with E-state index in [1.54, 1.807) is 54.5 Å². The molecule has 0 aromatic heterocycles. The standard InChI is InChI=1S/C62H111N11O12/c1-25-27-28-40(15)52(75)51-56(79)65-43(26-2)58(81)67(18)33-48(74)68(19)44(29-34(3)4)55(78)66-49(38(11)12)61(84)69(20)45(30-35(5)6)54(77)63-41(16)53(76)64-42(17)57(80)70(21)46(31-36(7)8)59(82)71(22)47(32-37(9)10)60(83)72(23)50(39(13)14)62(85)73(51)24/h25,27,34-47,49-52,75H,26,28-33H2,1-24H3,(H,63,77)(H,64,76)(H,65,79)(H,66,78)/b27-25+/t40-,41-,42+,43-,44-,45-,46+,47+,49+,50+,51-,52-/m1/s1. The first-order chi connectivity index (χ1) is 39.2. The molecule has 1 aliphatic rings. The molecular weight excluding hydrogens is 1090 g/mol. The van der Waals surface area contributed by atoms with Crippen molar-refractivity contribution >= 4 is 65.0 Å². The van der Waals surface area contributed by atoms with E-state index in [9.17, 15) is 48.3 Å². The average molecular weight is 1200 g/mol. The number of aliphatic hydroxyl groups is 1. The summed E-state index contributed by atoms with van der Waals surface area (Å²) in [6, 6.07) is -12.3. The fourth-order valence-electron chi connectivity index (χ4n) is 10.7. The summed E-state index contributed by atoms with van der Waals surface area (Å²) in [5.74, 6) is -9.71. The summed E-state index contributed by atoms with van der Waals surface area (Å²) < 4.78 is 0. The molecule has 12 atom stereocenters. The Bertz CT molecular complexity index is 2330. The minimum absolute atomic E-state index is 0.0229. The van der Waals surface area contributed by atoms with Crippen molar-refractivity contribution in [1.29, 1.82) is 0 Å². The first-order valence-corrected chi connectivity index (χ1v) is 30.6. The quantitative estimate of drug-likeness (QED) is 0.148. The van der Waals surface area contributed by atoms with Gasteiger partial charge in [-0.05, 0) is 101 Å². The highest BCUT2D eigenvalue weighted by atomic mass is 16.3. The van der Waals surface area contributed by atoms with Gasteiger partial charge in [0, 0.05) is 49.3 Å². The van der Waals surface area contributed by atoms with Crippen LogP contribution in [0.5, 0.6) is 0 Å². The summed E-state index contributed by atoms with van der Waals surface area (Å²) in [4.78, 5) is 169. The molecule has 0 aromatic rings. The molecule has 1 fully saturated rings. The minimum atomic E-state index is -1.61. The molecule has 85 heavy (non-hydrogen) atoms. The van der Waals surface area contributed by atoms with Crippen molar-refractivity contribution in [3.63, 3.8) is 0 Å². The maximum absolute atomic E-state index is 15.1. The smallest absolute Gasteiger partial charge is 0.246 e. The highest BCUT2D eigenvalue weighted by molar-refractivity contribution is 5.99. The zero-order chi connectivity index (χ0) is 66.0. The van der Waals surface area contributed by atoms with Crippen LogP contribution in [-0.4, -0.2) is 227 Å². The number of nitrogens with one attached hydrogen (secondary N) is 4. The molecular formula is C62H111N11O12. The topological polar surface area (TPSA) is 279 Å². The molecule has 0 aliphatic carbocycles. The molecule has 0 aromatic carbocycles. The number of allylic oxidation sites excluding steroid dienone is 2. The van der Waals surface area contributed by atoms with Gasteiger partial charge in [-0.2, -0.15) is 0 Å². The lowest BCUT2D eigenvalue weighted by molar-refractivity contribution is -0.157. The summed E-state index contributed by atoms with van der Waals surface area (Å²) in [5, 5.41) is 23.1. The number of likely N-dealkylation sites (N-methyl/N-ethyl adjacent to an activating group) is 7. The molecule has 5 N–H and O–H groups in total. The van der Waals surface area contributed by atoms with Gasteiger partial charge in [-0.15, -0.1) is 0 Å². The fraction of sp³-hybridized carbons (Fsp3) is 0.790. The third-order valence-electron chi connectivity index (χ3n) is 16.1. The summed E-state index contributed by atoms with van der Waals surface area (Å²) in [7, 11) is 9.92. The average Bonchev–Trinajstić information content (AvgIpc) is 3.62. The molecule has 0 spiro atoms. The van der Waals surface area contributed by atoms with Crippen molar-refractivity contribution in [2.45, 2.75) is 223 Å². The number of hydrogen-bond donors (Lipinski definition) is 5. The number of rotatable bonds is 15. The number of amides is 11. The maximum Gasteiger partial charge on any atom is 0.246 e. The van der Waals surface area contributed by atoms with Gasteiger partial charge in [0.2, 0.25) is 65.0 Å². The zero-order valence-corrected chi connectivity index (χ0v) is 56.1. The third-order valence-corrected chi connectivity index (χ3v) is 16.1. The molecule has 0 saturated carbocycles. The summed E-state index contributed by atoms with van der Waals surface area (Å²) in [6.07, 6.45) is 3.04. The van der Waals surface area contributed by atoms with E-state index in [1.807, 2.05) is 61.5 Å². The van der Waals surface area contributed by atoms with Crippen LogP contribution < -0.4 is 21.3 Å². The van der Waals surface area contributed by atoms with Crippen molar-refractivity contribution < 1.29 is 57.8 Å². The predicted molar refractivity (Wildman–Crippen MR) is 328 cm³/mol. The molecule has 0 bridgehead atoms. The van der Waals surface area contributed by atoms with Crippen molar-refractivity contribution in [2.75, 3.05) is 55.9 Å². The molecule has 0 radical (unpaired) electrons. The fourth-order valence-corrected chi connectivity index (χ4v) is 10.7. The van der Waals surface area contributed by atoms with Crippen molar-refractivity contribution in [2.24, 2.45) is 41.4 Å². The number of carbonyl (C=O) groups excluding carboxylic acids is 11. The van der Waals surface area contributed by atoms with Crippen molar-refractivity contribution in [3.05, 3.63) is 12.2 Å². The normalized spacial score (nSPS) is 26.9.